The Kier molecular flexibility index (Phi) is 5.17. The largest absolute Gasteiger partial charge is 0.340 e. The maximum Gasteiger partial charge on any atom is 0.240 e. The maximum atomic E-state index is 13.6. The Balaban J connectivity index is 1.49. The first-order chi connectivity index (χ1) is 11.7. The van der Waals surface area contributed by atoms with E-state index >= 15 is 0 Å². The lowest BCUT2D eigenvalue weighted by atomic mass is 10.1. The molecule has 0 unspecified atom stereocenters. The Morgan fingerprint density at radius 1 is 1.25 bits per heavy atom. The van der Waals surface area contributed by atoms with E-state index in [9.17, 15) is 9.18 Å². The van der Waals surface area contributed by atoms with Gasteiger partial charge in [-0.25, -0.2) is 4.39 Å². The van der Waals surface area contributed by atoms with Crippen molar-refractivity contribution in [2.75, 3.05) is 26.2 Å². The molecule has 8 heteroatoms. The maximum absolute atomic E-state index is 13.6. The summed E-state index contributed by atoms with van der Waals surface area (Å²) in [5.74, 6) is 0.632. The average Bonchev–Trinajstić information content (AvgIpc) is 3.05. The van der Waals surface area contributed by atoms with Crippen LogP contribution in [0, 0.1) is 5.82 Å². The van der Waals surface area contributed by atoms with E-state index < -0.39 is 0 Å². The summed E-state index contributed by atoms with van der Waals surface area (Å²) in [5, 5.41) is 3.87. The molecule has 0 radical (unpaired) electrons. The SMILES string of the molecule is NCc1nc(CN2CCN(C(=O)Cc3ccccc3F)CC2)no1. The van der Waals surface area contributed by atoms with Crippen molar-refractivity contribution in [1.29, 1.82) is 0 Å². The van der Waals surface area contributed by atoms with Crippen LogP contribution in [0.5, 0.6) is 0 Å². The van der Waals surface area contributed by atoms with Crippen molar-refractivity contribution in [2.45, 2.75) is 19.5 Å². The van der Waals surface area contributed by atoms with Gasteiger partial charge in [0.2, 0.25) is 11.8 Å². The van der Waals surface area contributed by atoms with Crippen LogP contribution in [0.3, 0.4) is 0 Å². The molecule has 1 aromatic heterocycles. The number of aromatic nitrogens is 2. The van der Waals surface area contributed by atoms with Crippen LogP contribution in [0.25, 0.3) is 0 Å². The van der Waals surface area contributed by atoms with Crippen molar-refractivity contribution < 1.29 is 13.7 Å². The van der Waals surface area contributed by atoms with E-state index in [0.29, 0.717) is 36.9 Å². The molecule has 1 aliphatic rings. The summed E-state index contributed by atoms with van der Waals surface area (Å²) in [6.45, 7) is 3.44. The molecule has 0 spiro atoms. The summed E-state index contributed by atoms with van der Waals surface area (Å²) in [6, 6.07) is 6.38. The number of nitrogens with zero attached hydrogens (tertiary/aromatic N) is 4. The normalized spacial score (nSPS) is 15.7. The Hall–Kier alpha value is -2.32. The van der Waals surface area contributed by atoms with Gasteiger partial charge in [-0.1, -0.05) is 23.4 Å². The fourth-order valence-corrected chi connectivity index (χ4v) is 2.71. The summed E-state index contributed by atoms with van der Waals surface area (Å²) in [6.07, 6.45) is 0.0946. The van der Waals surface area contributed by atoms with Gasteiger partial charge < -0.3 is 15.2 Å². The van der Waals surface area contributed by atoms with Crippen molar-refractivity contribution >= 4 is 5.91 Å². The van der Waals surface area contributed by atoms with Gasteiger partial charge in [-0.2, -0.15) is 4.98 Å². The molecule has 0 aliphatic carbocycles. The van der Waals surface area contributed by atoms with Gasteiger partial charge in [-0.3, -0.25) is 9.69 Å². The van der Waals surface area contributed by atoms with E-state index in [1.54, 1.807) is 23.1 Å². The number of amides is 1. The number of halogens is 1. The van der Waals surface area contributed by atoms with Gasteiger partial charge in [-0.15, -0.1) is 0 Å². The van der Waals surface area contributed by atoms with Crippen molar-refractivity contribution in [3.8, 4) is 0 Å². The quantitative estimate of drug-likeness (QED) is 0.860. The molecule has 1 amide bonds. The number of hydrogen-bond acceptors (Lipinski definition) is 6. The zero-order valence-corrected chi connectivity index (χ0v) is 13.3. The van der Waals surface area contributed by atoms with E-state index in [1.165, 1.54) is 6.07 Å². The molecular weight excluding hydrogens is 313 g/mol. The van der Waals surface area contributed by atoms with Gasteiger partial charge in [0.05, 0.1) is 19.5 Å². The molecule has 2 aromatic rings. The fourth-order valence-electron chi connectivity index (χ4n) is 2.71. The van der Waals surface area contributed by atoms with Crippen LogP contribution >= 0.6 is 0 Å². The van der Waals surface area contributed by atoms with E-state index in [2.05, 4.69) is 15.0 Å². The lowest BCUT2D eigenvalue weighted by Crippen LogP contribution is -2.48. The first kappa shape index (κ1) is 16.5. The topological polar surface area (TPSA) is 88.5 Å². The number of piperazine rings is 1. The molecule has 24 heavy (non-hydrogen) atoms. The molecule has 3 rings (SSSR count). The molecule has 7 nitrogen and oxygen atoms in total. The molecule has 2 N–H and O–H groups in total. The molecule has 1 aliphatic heterocycles. The number of rotatable bonds is 5. The summed E-state index contributed by atoms with van der Waals surface area (Å²) >= 11 is 0. The van der Waals surface area contributed by atoms with Gasteiger partial charge in [0.1, 0.15) is 5.82 Å². The molecule has 0 saturated carbocycles. The first-order valence-corrected chi connectivity index (χ1v) is 7.91. The van der Waals surface area contributed by atoms with Crippen molar-refractivity contribution in [3.05, 3.63) is 47.4 Å². The predicted octanol–water partition coefficient (Wildman–Crippen LogP) is 0.554. The Morgan fingerprint density at radius 3 is 2.67 bits per heavy atom. The van der Waals surface area contributed by atoms with Gasteiger partial charge in [0.25, 0.3) is 0 Å². The molecule has 128 valence electrons. The molecule has 1 saturated heterocycles. The van der Waals surface area contributed by atoms with Crippen molar-refractivity contribution in [3.63, 3.8) is 0 Å². The second-order valence-electron chi connectivity index (χ2n) is 5.73. The number of nitrogens with two attached hydrogens (primary N) is 1. The third kappa shape index (κ3) is 3.95. The molecule has 1 fully saturated rings. The highest BCUT2D eigenvalue weighted by atomic mass is 19.1. The zero-order valence-electron chi connectivity index (χ0n) is 13.3. The Bertz CT molecular complexity index is 697. The number of carbonyl (C=O) groups excluding carboxylic acids is 1. The first-order valence-electron chi connectivity index (χ1n) is 7.91. The van der Waals surface area contributed by atoms with Crippen molar-refractivity contribution in [1.82, 2.24) is 19.9 Å². The smallest absolute Gasteiger partial charge is 0.240 e. The Labute approximate surface area is 139 Å². The summed E-state index contributed by atoms with van der Waals surface area (Å²) in [7, 11) is 0. The van der Waals surface area contributed by atoms with Crippen LogP contribution in [0.4, 0.5) is 4.39 Å². The van der Waals surface area contributed by atoms with Gasteiger partial charge in [0, 0.05) is 26.2 Å². The van der Waals surface area contributed by atoms with Crippen LogP contribution in [-0.2, 0) is 24.3 Å². The molecule has 1 aromatic carbocycles. The van der Waals surface area contributed by atoms with Crippen molar-refractivity contribution in [2.24, 2.45) is 5.73 Å². The number of carbonyl (C=O) groups is 1. The average molecular weight is 333 g/mol. The highest BCUT2D eigenvalue weighted by Gasteiger charge is 2.23. The van der Waals surface area contributed by atoms with Crippen LogP contribution < -0.4 is 5.73 Å². The molecule has 0 bridgehead atoms. The van der Waals surface area contributed by atoms with Gasteiger partial charge >= 0.3 is 0 Å². The third-order valence-corrected chi connectivity index (χ3v) is 4.07. The minimum atomic E-state index is -0.336. The second-order valence-corrected chi connectivity index (χ2v) is 5.73. The Morgan fingerprint density at radius 2 is 2.00 bits per heavy atom. The van der Waals surface area contributed by atoms with E-state index in [-0.39, 0.29) is 24.7 Å². The summed E-state index contributed by atoms with van der Waals surface area (Å²) in [5.41, 5.74) is 5.88. The minimum Gasteiger partial charge on any atom is -0.340 e. The van der Waals surface area contributed by atoms with Crippen LogP contribution in [-0.4, -0.2) is 52.0 Å². The monoisotopic (exact) mass is 333 g/mol. The fraction of sp³-hybridized carbons (Fsp3) is 0.438. The summed E-state index contributed by atoms with van der Waals surface area (Å²) < 4.78 is 18.6. The highest BCUT2D eigenvalue weighted by Crippen LogP contribution is 2.11. The van der Waals surface area contributed by atoms with Crippen LogP contribution in [0.1, 0.15) is 17.3 Å². The highest BCUT2D eigenvalue weighted by molar-refractivity contribution is 5.79. The lowest BCUT2D eigenvalue weighted by Gasteiger charge is -2.34. The number of benzene rings is 1. The minimum absolute atomic E-state index is 0.0512. The molecule has 2 heterocycles. The van der Waals surface area contributed by atoms with E-state index in [4.69, 9.17) is 10.3 Å². The van der Waals surface area contributed by atoms with E-state index in [0.717, 1.165) is 13.1 Å². The van der Waals surface area contributed by atoms with Crippen LogP contribution in [0.15, 0.2) is 28.8 Å². The second kappa shape index (κ2) is 7.50. The van der Waals surface area contributed by atoms with Crippen LogP contribution in [0.2, 0.25) is 0 Å². The summed E-state index contributed by atoms with van der Waals surface area (Å²) in [4.78, 5) is 20.4. The standard InChI is InChI=1S/C16H20FN5O2/c17-13-4-2-1-3-12(13)9-16(23)22-7-5-21(6-8-22)11-14-19-15(10-18)24-20-14/h1-4H,5-11,18H2. The van der Waals surface area contributed by atoms with E-state index in [1.807, 2.05) is 0 Å². The lowest BCUT2D eigenvalue weighted by molar-refractivity contribution is -0.132. The molecular formula is C16H20FN5O2. The predicted molar refractivity (Wildman–Crippen MR) is 84.2 cm³/mol. The number of hydrogen-bond donors (Lipinski definition) is 1. The van der Waals surface area contributed by atoms with Gasteiger partial charge in [-0.05, 0) is 11.6 Å². The molecule has 0 atom stereocenters. The third-order valence-electron chi connectivity index (χ3n) is 4.07. The zero-order chi connectivity index (χ0) is 16.9. The van der Waals surface area contributed by atoms with Gasteiger partial charge in [0.15, 0.2) is 5.82 Å².